The molecule has 0 saturated heterocycles. The summed E-state index contributed by atoms with van der Waals surface area (Å²) in [5.41, 5.74) is 8.04. The van der Waals surface area contributed by atoms with Crippen LogP contribution in [0.3, 0.4) is 0 Å². The molecule has 0 aromatic heterocycles. The zero-order valence-electron chi connectivity index (χ0n) is 45.0. The van der Waals surface area contributed by atoms with Gasteiger partial charge in [0.1, 0.15) is 17.2 Å². The van der Waals surface area contributed by atoms with Gasteiger partial charge in [-0.2, -0.15) is 0 Å². The molecule has 0 heterocycles. The van der Waals surface area contributed by atoms with E-state index in [1.807, 2.05) is 0 Å². The minimum atomic E-state index is -1.85. The van der Waals surface area contributed by atoms with E-state index in [2.05, 4.69) is 124 Å². The molecule has 0 amide bonds. The van der Waals surface area contributed by atoms with Crippen molar-refractivity contribution in [3.05, 3.63) is 88.0 Å². The molecule has 0 aliphatic rings. The van der Waals surface area contributed by atoms with Crippen molar-refractivity contribution in [2.45, 2.75) is 286 Å². The fourth-order valence-electron chi connectivity index (χ4n) is 9.45. The lowest BCUT2D eigenvalue weighted by atomic mass is 9.80. The van der Waals surface area contributed by atoms with E-state index < -0.39 is 8.60 Å². The van der Waals surface area contributed by atoms with Crippen LogP contribution in [0.1, 0.15) is 282 Å². The minimum absolute atomic E-state index is 0.0258. The molecule has 3 nitrogen and oxygen atoms in total. The molecule has 0 aliphatic carbocycles. The van der Waals surface area contributed by atoms with Crippen molar-refractivity contribution in [2.75, 3.05) is 0 Å². The predicted octanol–water partition coefficient (Wildman–Crippen LogP) is 21.2. The highest BCUT2D eigenvalue weighted by atomic mass is 31.2. The molecule has 3 aromatic carbocycles. The zero-order chi connectivity index (χ0) is 47.9. The summed E-state index contributed by atoms with van der Waals surface area (Å²) in [6.45, 7) is 23.0. The van der Waals surface area contributed by atoms with E-state index in [0.717, 1.165) is 42.9 Å². The van der Waals surface area contributed by atoms with Crippen molar-refractivity contribution in [2.24, 2.45) is 0 Å². The van der Waals surface area contributed by atoms with Crippen LogP contribution in [0.4, 0.5) is 0 Å². The van der Waals surface area contributed by atoms with Gasteiger partial charge in [-0.1, -0.05) is 260 Å². The maximum Gasteiger partial charge on any atom is 0.530 e. The van der Waals surface area contributed by atoms with Gasteiger partial charge in [-0.05, 0) is 108 Å². The number of rotatable bonds is 38. The van der Waals surface area contributed by atoms with Crippen LogP contribution in [0.5, 0.6) is 17.2 Å². The standard InChI is InChI=1S/C62H103O3P/c1-11-15-19-23-27-31-35-41-52-43-39-47-58(55(52)45-37-33-29-25-21-17-13-3)63-66(65-60-50-49-54(61(5,6)7)51-57(60)62(8,9)10)64-59-48-40-44-53(42-36-32-28-24-20-16-12-2)56(59)46-38-34-30-26-22-18-14-4/h39-40,43-44,47-51H,11-38,41-42,45-46H2,1-10H3. The van der Waals surface area contributed by atoms with Gasteiger partial charge in [0.05, 0.1) is 0 Å². The Hall–Kier alpha value is -2.51. The maximum absolute atomic E-state index is 7.28. The maximum atomic E-state index is 7.28. The first-order valence-corrected chi connectivity index (χ1v) is 29.2. The molecule has 374 valence electrons. The van der Waals surface area contributed by atoms with Crippen molar-refractivity contribution in [1.82, 2.24) is 0 Å². The summed E-state index contributed by atoms with van der Waals surface area (Å²) in [4.78, 5) is 0. The van der Waals surface area contributed by atoms with E-state index in [-0.39, 0.29) is 10.8 Å². The van der Waals surface area contributed by atoms with Crippen LogP contribution in [-0.2, 0) is 36.5 Å². The molecule has 0 bridgehead atoms. The Bertz CT molecular complexity index is 1600. The van der Waals surface area contributed by atoms with Crippen molar-refractivity contribution < 1.29 is 13.6 Å². The SMILES string of the molecule is CCCCCCCCCc1cccc(OP(Oc2ccc(C(C)(C)C)cc2C(C)(C)C)Oc2cccc(CCCCCCCCC)c2CCCCCCCCC)c1CCCCCCCCC. The highest BCUT2D eigenvalue weighted by Crippen LogP contribution is 2.48. The summed E-state index contributed by atoms with van der Waals surface area (Å²) in [5, 5.41) is 0. The van der Waals surface area contributed by atoms with Crippen LogP contribution in [0, 0.1) is 0 Å². The van der Waals surface area contributed by atoms with Crippen LogP contribution < -0.4 is 13.6 Å². The third-order valence-electron chi connectivity index (χ3n) is 13.8. The lowest BCUT2D eigenvalue weighted by molar-refractivity contribution is 0.378. The topological polar surface area (TPSA) is 27.7 Å². The first-order chi connectivity index (χ1) is 31.9. The van der Waals surface area contributed by atoms with Gasteiger partial charge in [0.25, 0.3) is 0 Å². The first kappa shape index (κ1) is 57.8. The molecule has 3 aromatic rings. The van der Waals surface area contributed by atoms with Gasteiger partial charge in [0.2, 0.25) is 0 Å². The molecular formula is C62H103O3P. The average molecular weight is 927 g/mol. The second kappa shape index (κ2) is 33.9. The van der Waals surface area contributed by atoms with Gasteiger partial charge in [-0.25, -0.2) is 0 Å². The Morgan fingerprint density at radius 2 is 0.682 bits per heavy atom. The highest BCUT2D eigenvalue weighted by Gasteiger charge is 2.29. The predicted molar refractivity (Wildman–Crippen MR) is 292 cm³/mol. The van der Waals surface area contributed by atoms with E-state index in [4.69, 9.17) is 13.6 Å². The van der Waals surface area contributed by atoms with E-state index in [9.17, 15) is 0 Å². The van der Waals surface area contributed by atoms with Crippen molar-refractivity contribution in [1.29, 1.82) is 0 Å². The molecule has 3 rings (SSSR count). The molecule has 66 heavy (non-hydrogen) atoms. The van der Waals surface area contributed by atoms with Crippen LogP contribution in [-0.4, -0.2) is 0 Å². The Balaban J connectivity index is 2.06. The fraction of sp³-hybridized carbons (Fsp3) is 0.710. The van der Waals surface area contributed by atoms with E-state index in [1.165, 1.54) is 213 Å². The molecule has 0 unspecified atom stereocenters. The second-order valence-corrected chi connectivity index (χ2v) is 23.0. The summed E-state index contributed by atoms with van der Waals surface area (Å²) in [7, 11) is -1.85. The van der Waals surface area contributed by atoms with E-state index in [0.29, 0.717) is 0 Å². The highest BCUT2D eigenvalue weighted by molar-refractivity contribution is 7.43. The van der Waals surface area contributed by atoms with Crippen LogP contribution in [0.25, 0.3) is 0 Å². The van der Waals surface area contributed by atoms with Crippen molar-refractivity contribution in [3.63, 3.8) is 0 Å². The molecule has 0 spiro atoms. The average Bonchev–Trinajstić information content (AvgIpc) is 3.28. The minimum Gasteiger partial charge on any atom is -0.408 e. The largest absolute Gasteiger partial charge is 0.530 e. The molecule has 0 N–H and O–H groups in total. The van der Waals surface area contributed by atoms with Crippen molar-refractivity contribution in [3.8, 4) is 17.2 Å². The molecule has 0 saturated carbocycles. The Kier molecular flexibility index (Phi) is 29.7. The summed E-state index contributed by atoms with van der Waals surface area (Å²) in [5.74, 6) is 2.76. The Morgan fingerprint density at radius 3 is 1.03 bits per heavy atom. The number of hydrogen-bond donors (Lipinski definition) is 0. The van der Waals surface area contributed by atoms with E-state index in [1.54, 1.807) is 0 Å². The molecule has 4 heteroatoms. The first-order valence-electron chi connectivity index (χ1n) is 28.1. The number of benzene rings is 3. The van der Waals surface area contributed by atoms with E-state index >= 15 is 0 Å². The molecule has 0 aliphatic heterocycles. The second-order valence-electron chi connectivity index (χ2n) is 22.0. The van der Waals surface area contributed by atoms with Gasteiger partial charge in [0.15, 0.2) is 0 Å². The fourth-order valence-corrected chi connectivity index (χ4v) is 10.5. The quantitative estimate of drug-likeness (QED) is 0.0423. The molecule has 0 fully saturated rings. The molecule has 0 atom stereocenters. The number of unbranched alkanes of at least 4 members (excludes halogenated alkanes) is 24. The smallest absolute Gasteiger partial charge is 0.408 e. The summed E-state index contributed by atoms with van der Waals surface area (Å²) in [6.07, 6.45) is 40.9. The summed E-state index contributed by atoms with van der Waals surface area (Å²) in [6, 6.07) is 20.4. The van der Waals surface area contributed by atoms with Gasteiger partial charge >= 0.3 is 8.60 Å². The normalized spacial score (nSPS) is 12.0. The summed E-state index contributed by atoms with van der Waals surface area (Å²) >= 11 is 0. The lowest BCUT2D eigenvalue weighted by Crippen LogP contribution is -2.18. The van der Waals surface area contributed by atoms with Gasteiger partial charge in [-0.15, -0.1) is 0 Å². The number of aryl methyl sites for hydroxylation is 2. The van der Waals surface area contributed by atoms with Gasteiger partial charge < -0.3 is 13.6 Å². The lowest BCUT2D eigenvalue weighted by Gasteiger charge is -2.29. The monoisotopic (exact) mass is 927 g/mol. The van der Waals surface area contributed by atoms with Crippen LogP contribution >= 0.6 is 8.60 Å². The van der Waals surface area contributed by atoms with Crippen LogP contribution in [0.2, 0.25) is 0 Å². The third kappa shape index (κ3) is 23.2. The Labute approximate surface area is 411 Å². The van der Waals surface area contributed by atoms with Crippen LogP contribution in [0.15, 0.2) is 54.6 Å². The Morgan fingerprint density at radius 1 is 0.348 bits per heavy atom. The zero-order valence-corrected chi connectivity index (χ0v) is 45.9. The summed E-state index contributed by atoms with van der Waals surface area (Å²) < 4.78 is 21.8. The van der Waals surface area contributed by atoms with Gasteiger partial charge in [-0.3, -0.25) is 0 Å². The number of hydrogen-bond acceptors (Lipinski definition) is 3. The molecule has 0 radical (unpaired) electrons. The third-order valence-corrected chi connectivity index (χ3v) is 14.8. The van der Waals surface area contributed by atoms with Crippen molar-refractivity contribution >= 4 is 8.60 Å². The molecular weight excluding hydrogens is 824 g/mol. The van der Waals surface area contributed by atoms with Gasteiger partial charge in [0, 0.05) is 5.56 Å².